The van der Waals surface area contributed by atoms with Gasteiger partial charge < -0.3 is 5.32 Å². The molecule has 1 aromatic heterocycles. The first-order chi connectivity index (χ1) is 10.3. The molecule has 0 unspecified atom stereocenters. The van der Waals surface area contributed by atoms with Crippen molar-refractivity contribution in [1.29, 1.82) is 0 Å². The second-order valence-electron chi connectivity index (χ2n) is 4.54. The summed E-state index contributed by atoms with van der Waals surface area (Å²) >= 11 is 1.27. The highest BCUT2D eigenvalue weighted by molar-refractivity contribution is 7.89. The topological polar surface area (TPSA) is 88.2 Å². The van der Waals surface area contributed by atoms with Crippen molar-refractivity contribution in [2.24, 2.45) is 0 Å². The second kappa shape index (κ2) is 6.51. The number of carbonyl (C=O) groups excluding carboxylic acids is 1. The Hall–Kier alpha value is -1.84. The number of benzene rings is 1. The SMILES string of the molecule is Cc1cnc(NC(=O)[C@H](C)NS(=O)(=O)c2ccccc2F)s1. The first-order valence-corrected chi connectivity index (χ1v) is 8.60. The zero-order chi connectivity index (χ0) is 16.3. The van der Waals surface area contributed by atoms with Gasteiger partial charge in [-0.1, -0.05) is 12.1 Å². The number of rotatable bonds is 5. The van der Waals surface area contributed by atoms with Crippen molar-refractivity contribution in [2.45, 2.75) is 24.8 Å². The van der Waals surface area contributed by atoms with Crippen LogP contribution in [0.25, 0.3) is 0 Å². The van der Waals surface area contributed by atoms with E-state index >= 15 is 0 Å². The lowest BCUT2D eigenvalue weighted by Gasteiger charge is -2.13. The molecule has 22 heavy (non-hydrogen) atoms. The van der Waals surface area contributed by atoms with Gasteiger partial charge in [0.15, 0.2) is 5.13 Å². The van der Waals surface area contributed by atoms with Crippen LogP contribution in [0.3, 0.4) is 0 Å². The second-order valence-corrected chi connectivity index (χ2v) is 7.46. The standard InChI is InChI=1S/C13H14FN3O3S2/c1-8-7-15-13(21-8)16-12(18)9(2)17-22(19,20)11-6-4-3-5-10(11)14/h3-7,9,17H,1-2H3,(H,15,16,18)/t9-/m0/s1. The van der Waals surface area contributed by atoms with Crippen molar-refractivity contribution < 1.29 is 17.6 Å². The molecule has 1 heterocycles. The molecule has 0 aliphatic rings. The van der Waals surface area contributed by atoms with E-state index in [9.17, 15) is 17.6 Å². The van der Waals surface area contributed by atoms with Gasteiger partial charge in [0.25, 0.3) is 0 Å². The number of hydrogen-bond acceptors (Lipinski definition) is 5. The molecule has 1 atom stereocenters. The summed E-state index contributed by atoms with van der Waals surface area (Å²) in [4.78, 5) is 16.3. The molecule has 0 aliphatic carbocycles. The van der Waals surface area contributed by atoms with E-state index in [-0.39, 0.29) is 0 Å². The minimum Gasteiger partial charge on any atom is -0.301 e. The van der Waals surface area contributed by atoms with E-state index in [4.69, 9.17) is 0 Å². The molecule has 0 aliphatic heterocycles. The monoisotopic (exact) mass is 343 g/mol. The van der Waals surface area contributed by atoms with Crippen LogP contribution in [0.5, 0.6) is 0 Å². The number of carbonyl (C=O) groups is 1. The Kier molecular flexibility index (Phi) is 4.89. The number of aryl methyl sites for hydroxylation is 1. The maximum Gasteiger partial charge on any atom is 0.244 e. The Morgan fingerprint density at radius 3 is 2.64 bits per heavy atom. The Bertz CT molecular complexity index is 789. The summed E-state index contributed by atoms with van der Waals surface area (Å²) in [6, 6.07) is 3.88. The first-order valence-electron chi connectivity index (χ1n) is 6.30. The number of anilines is 1. The molecule has 0 bridgehead atoms. The minimum absolute atomic E-state index is 0.374. The molecule has 0 saturated carbocycles. The van der Waals surface area contributed by atoms with Crippen LogP contribution in [-0.4, -0.2) is 25.4 Å². The van der Waals surface area contributed by atoms with Crippen LogP contribution in [-0.2, 0) is 14.8 Å². The average molecular weight is 343 g/mol. The smallest absolute Gasteiger partial charge is 0.244 e. The highest BCUT2D eigenvalue weighted by Crippen LogP contribution is 2.17. The summed E-state index contributed by atoms with van der Waals surface area (Å²) in [5, 5.41) is 2.87. The van der Waals surface area contributed by atoms with Crippen molar-refractivity contribution in [3.63, 3.8) is 0 Å². The highest BCUT2D eigenvalue weighted by atomic mass is 32.2. The summed E-state index contributed by atoms with van der Waals surface area (Å²) in [5.74, 6) is -1.45. The summed E-state index contributed by atoms with van der Waals surface area (Å²) in [6.45, 7) is 3.20. The summed E-state index contributed by atoms with van der Waals surface area (Å²) in [7, 11) is -4.13. The van der Waals surface area contributed by atoms with Crippen LogP contribution in [0.1, 0.15) is 11.8 Å². The first kappa shape index (κ1) is 16.5. The fourth-order valence-electron chi connectivity index (χ4n) is 1.64. The molecule has 2 rings (SSSR count). The van der Waals surface area contributed by atoms with E-state index in [1.54, 1.807) is 6.20 Å². The van der Waals surface area contributed by atoms with Crippen LogP contribution < -0.4 is 10.0 Å². The number of aromatic nitrogens is 1. The molecule has 6 nitrogen and oxygen atoms in total. The van der Waals surface area contributed by atoms with Crippen molar-refractivity contribution in [1.82, 2.24) is 9.71 Å². The number of halogens is 1. The zero-order valence-electron chi connectivity index (χ0n) is 11.8. The molecule has 1 amide bonds. The average Bonchev–Trinajstić information content (AvgIpc) is 2.83. The van der Waals surface area contributed by atoms with Gasteiger partial charge in [-0.05, 0) is 26.0 Å². The largest absolute Gasteiger partial charge is 0.301 e. The van der Waals surface area contributed by atoms with Gasteiger partial charge in [-0.25, -0.2) is 17.8 Å². The maximum atomic E-state index is 13.6. The van der Waals surface area contributed by atoms with Gasteiger partial charge in [0.1, 0.15) is 10.7 Å². The molecular formula is C13H14FN3O3S2. The van der Waals surface area contributed by atoms with E-state index < -0.39 is 32.7 Å². The number of sulfonamides is 1. The summed E-state index contributed by atoms with van der Waals surface area (Å²) in [6.07, 6.45) is 1.59. The number of amides is 1. The van der Waals surface area contributed by atoms with Gasteiger partial charge in [0.05, 0.1) is 6.04 Å². The van der Waals surface area contributed by atoms with Crippen LogP contribution in [0, 0.1) is 12.7 Å². The van der Waals surface area contributed by atoms with Crippen molar-refractivity contribution in [3.8, 4) is 0 Å². The van der Waals surface area contributed by atoms with Crippen molar-refractivity contribution >= 4 is 32.4 Å². The van der Waals surface area contributed by atoms with Crippen molar-refractivity contribution in [3.05, 3.63) is 41.2 Å². The van der Waals surface area contributed by atoms with Crippen LogP contribution in [0.2, 0.25) is 0 Å². The minimum atomic E-state index is -4.13. The summed E-state index contributed by atoms with van der Waals surface area (Å²) < 4.78 is 39.9. The van der Waals surface area contributed by atoms with E-state index in [0.717, 1.165) is 17.0 Å². The normalized spacial score (nSPS) is 12.9. The van der Waals surface area contributed by atoms with Crippen molar-refractivity contribution in [2.75, 3.05) is 5.32 Å². The molecule has 0 radical (unpaired) electrons. The predicted octanol–water partition coefficient (Wildman–Crippen LogP) is 1.90. The molecule has 0 saturated heterocycles. The number of thiazole rings is 1. The van der Waals surface area contributed by atoms with Gasteiger partial charge in [-0.3, -0.25) is 4.79 Å². The van der Waals surface area contributed by atoms with Crippen LogP contribution in [0.15, 0.2) is 35.4 Å². The van der Waals surface area contributed by atoms with Gasteiger partial charge in [-0.2, -0.15) is 4.72 Å². The van der Waals surface area contributed by atoms with E-state index in [1.165, 1.54) is 30.4 Å². The molecular weight excluding hydrogens is 329 g/mol. The Balaban J connectivity index is 2.09. The van der Waals surface area contributed by atoms with Crippen LogP contribution >= 0.6 is 11.3 Å². The fraction of sp³-hybridized carbons (Fsp3) is 0.231. The summed E-state index contributed by atoms with van der Waals surface area (Å²) in [5.41, 5.74) is 0. The third kappa shape index (κ3) is 3.87. The maximum absolute atomic E-state index is 13.6. The fourth-order valence-corrected chi connectivity index (χ4v) is 3.59. The molecule has 0 fully saturated rings. The third-order valence-electron chi connectivity index (χ3n) is 2.70. The lowest BCUT2D eigenvalue weighted by atomic mass is 10.3. The number of hydrogen-bond donors (Lipinski definition) is 2. The number of nitrogens with one attached hydrogen (secondary N) is 2. The Morgan fingerprint density at radius 1 is 1.36 bits per heavy atom. The third-order valence-corrected chi connectivity index (χ3v) is 5.10. The lowest BCUT2D eigenvalue weighted by Crippen LogP contribution is -2.41. The lowest BCUT2D eigenvalue weighted by molar-refractivity contribution is -0.117. The molecule has 118 valence electrons. The van der Waals surface area contributed by atoms with Crippen LogP contribution in [0.4, 0.5) is 9.52 Å². The molecule has 1 aromatic carbocycles. The van der Waals surface area contributed by atoms with Gasteiger partial charge in [0.2, 0.25) is 15.9 Å². The molecule has 2 N–H and O–H groups in total. The number of nitrogens with zero attached hydrogens (tertiary/aromatic N) is 1. The Labute approximate surface area is 131 Å². The quantitative estimate of drug-likeness (QED) is 0.868. The highest BCUT2D eigenvalue weighted by Gasteiger charge is 2.24. The van der Waals surface area contributed by atoms with Gasteiger partial charge in [0, 0.05) is 11.1 Å². The molecule has 2 aromatic rings. The van der Waals surface area contributed by atoms with Gasteiger partial charge >= 0.3 is 0 Å². The van der Waals surface area contributed by atoms with E-state index in [2.05, 4.69) is 15.0 Å². The van der Waals surface area contributed by atoms with E-state index in [1.807, 2.05) is 6.92 Å². The predicted molar refractivity (Wildman–Crippen MR) is 81.7 cm³/mol. The van der Waals surface area contributed by atoms with Gasteiger partial charge in [-0.15, -0.1) is 11.3 Å². The van der Waals surface area contributed by atoms with E-state index in [0.29, 0.717) is 5.13 Å². The zero-order valence-corrected chi connectivity index (χ0v) is 13.5. The molecule has 9 heteroatoms. The molecule has 0 spiro atoms. The Morgan fingerprint density at radius 2 is 2.05 bits per heavy atom.